The van der Waals surface area contributed by atoms with Gasteiger partial charge in [0.25, 0.3) is 0 Å². The molecule has 0 aromatic heterocycles. The van der Waals surface area contributed by atoms with Crippen LogP contribution in [0, 0.1) is 11.3 Å². The number of nitriles is 1. The standard InChI is InChI=1S/C12H16N3O2S/c1-15(2)8-7-14-18(16,17)10-12-6-4-3-5-11(12)9-13/h3-6H,7-8,10H2,1-2H3/q-1/p+1. The second kappa shape index (κ2) is 6.50. The molecule has 0 heterocycles. The quantitative estimate of drug-likeness (QED) is 0.782. The highest BCUT2D eigenvalue weighted by molar-refractivity contribution is 7.93. The maximum Gasteiger partial charge on any atom is 0.0994 e. The van der Waals surface area contributed by atoms with E-state index in [9.17, 15) is 8.42 Å². The monoisotopic (exact) mass is 267 g/mol. The van der Waals surface area contributed by atoms with E-state index in [2.05, 4.69) is 4.72 Å². The zero-order valence-electron chi connectivity index (χ0n) is 10.5. The van der Waals surface area contributed by atoms with E-state index >= 15 is 0 Å². The number of hydrogen-bond acceptors (Lipinski definition) is 3. The fraction of sp³-hybridized carbons (Fsp3) is 0.417. The molecule has 1 rings (SSSR count). The molecule has 0 saturated carbocycles. The first kappa shape index (κ1) is 14.6. The molecule has 0 spiro atoms. The van der Waals surface area contributed by atoms with Gasteiger partial charge in [-0.05, 0) is 11.6 Å². The minimum absolute atomic E-state index is 0.209. The van der Waals surface area contributed by atoms with Crippen LogP contribution in [0.2, 0.25) is 0 Å². The lowest BCUT2D eigenvalue weighted by Crippen LogP contribution is -3.06. The molecule has 1 N–H and O–H groups in total. The molecule has 0 aliphatic heterocycles. The molecule has 0 atom stereocenters. The van der Waals surface area contributed by atoms with Crippen LogP contribution in [0.5, 0.6) is 0 Å². The number of nitrogens with zero attached hydrogens (tertiary/aromatic N) is 2. The summed E-state index contributed by atoms with van der Waals surface area (Å²) in [6, 6.07) is 8.66. The first-order valence-electron chi connectivity index (χ1n) is 5.63. The molecule has 0 amide bonds. The lowest BCUT2D eigenvalue weighted by atomic mass is 10.1. The lowest BCUT2D eigenvalue weighted by molar-refractivity contribution is -0.856. The average molecular weight is 267 g/mol. The normalized spacial score (nSPS) is 11.4. The molecule has 18 heavy (non-hydrogen) atoms. The van der Waals surface area contributed by atoms with Crippen molar-refractivity contribution in [1.29, 1.82) is 5.26 Å². The SMILES string of the molecule is C[NH+](C)CC[N-]S(=O)(=O)Cc1ccccc1C#N. The van der Waals surface area contributed by atoms with Crippen molar-refractivity contribution in [2.45, 2.75) is 5.75 Å². The Morgan fingerprint density at radius 1 is 1.33 bits per heavy atom. The van der Waals surface area contributed by atoms with Gasteiger partial charge in [0, 0.05) is 0 Å². The van der Waals surface area contributed by atoms with E-state index in [0.29, 0.717) is 17.7 Å². The Bertz CT molecular complexity index is 532. The highest BCUT2D eigenvalue weighted by Gasteiger charge is 2.06. The summed E-state index contributed by atoms with van der Waals surface area (Å²) < 4.78 is 27.2. The second-order valence-corrected chi connectivity index (χ2v) is 6.02. The molecular formula is C12H17N3O2S. The Hall–Kier alpha value is -1.42. The molecular weight excluding hydrogens is 250 g/mol. The van der Waals surface area contributed by atoms with Crippen LogP contribution in [0.15, 0.2) is 24.3 Å². The van der Waals surface area contributed by atoms with Crippen molar-refractivity contribution in [2.75, 3.05) is 27.2 Å². The number of quaternary nitrogens is 1. The van der Waals surface area contributed by atoms with Crippen LogP contribution in [0.3, 0.4) is 0 Å². The van der Waals surface area contributed by atoms with E-state index in [4.69, 9.17) is 5.26 Å². The predicted molar refractivity (Wildman–Crippen MR) is 69.7 cm³/mol. The van der Waals surface area contributed by atoms with Crippen LogP contribution in [0.25, 0.3) is 4.72 Å². The van der Waals surface area contributed by atoms with Gasteiger partial charge >= 0.3 is 0 Å². The summed E-state index contributed by atoms with van der Waals surface area (Å²) in [6.07, 6.45) is 0. The molecule has 0 aliphatic carbocycles. The molecule has 5 nitrogen and oxygen atoms in total. The van der Waals surface area contributed by atoms with Crippen LogP contribution < -0.4 is 4.90 Å². The summed E-state index contributed by atoms with van der Waals surface area (Å²) >= 11 is 0. The third-order valence-corrected chi connectivity index (χ3v) is 3.63. The van der Waals surface area contributed by atoms with Gasteiger partial charge in [0.2, 0.25) is 0 Å². The Morgan fingerprint density at radius 2 is 2.00 bits per heavy atom. The van der Waals surface area contributed by atoms with E-state index in [1.807, 2.05) is 20.2 Å². The summed E-state index contributed by atoms with van der Waals surface area (Å²) in [7, 11) is 0.373. The first-order chi connectivity index (χ1) is 8.44. The molecule has 0 aliphatic rings. The van der Waals surface area contributed by atoms with Gasteiger partial charge < -0.3 is 9.62 Å². The molecule has 0 bridgehead atoms. The molecule has 0 fully saturated rings. The van der Waals surface area contributed by atoms with Gasteiger partial charge in [0.1, 0.15) is 0 Å². The smallest absolute Gasteiger partial charge is 0.0994 e. The molecule has 6 heteroatoms. The fourth-order valence-corrected chi connectivity index (χ4v) is 2.51. The largest absolute Gasteiger partial charge is 0.544 e. The topological polar surface area (TPSA) is 76.5 Å². The van der Waals surface area contributed by atoms with E-state index in [0.717, 1.165) is 4.90 Å². The third-order valence-electron chi connectivity index (χ3n) is 2.38. The molecule has 1 aromatic rings. The Kier molecular flexibility index (Phi) is 5.28. The number of nitrogens with one attached hydrogen (secondary N) is 1. The van der Waals surface area contributed by atoms with E-state index in [-0.39, 0.29) is 12.3 Å². The van der Waals surface area contributed by atoms with Crippen LogP contribution in [0.1, 0.15) is 11.1 Å². The summed E-state index contributed by atoms with van der Waals surface area (Å²) in [5, 5.41) is 8.89. The first-order valence-corrected chi connectivity index (χ1v) is 7.24. The van der Waals surface area contributed by atoms with Gasteiger partial charge in [-0.2, -0.15) is 5.26 Å². The summed E-state index contributed by atoms with van der Waals surface area (Å²) in [5.41, 5.74) is 0.885. The number of rotatable bonds is 6. The molecule has 0 unspecified atom stereocenters. The zero-order chi connectivity index (χ0) is 13.6. The van der Waals surface area contributed by atoms with E-state index < -0.39 is 10.0 Å². The van der Waals surface area contributed by atoms with Gasteiger partial charge in [-0.3, -0.25) is 0 Å². The van der Waals surface area contributed by atoms with Crippen molar-refractivity contribution in [3.05, 3.63) is 40.1 Å². The van der Waals surface area contributed by atoms with Gasteiger partial charge in [0.05, 0.1) is 48.0 Å². The summed E-state index contributed by atoms with van der Waals surface area (Å²) in [5.74, 6) is -0.209. The van der Waals surface area contributed by atoms with Crippen LogP contribution >= 0.6 is 0 Å². The predicted octanol–water partition coefficient (Wildman–Crippen LogP) is -0.0937. The Morgan fingerprint density at radius 3 is 2.61 bits per heavy atom. The van der Waals surface area contributed by atoms with Crippen LogP contribution in [0.4, 0.5) is 0 Å². The van der Waals surface area contributed by atoms with Crippen molar-refractivity contribution in [3.63, 3.8) is 0 Å². The summed E-state index contributed by atoms with van der Waals surface area (Å²) in [4.78, 5) is 1.14. The Labute approximate surface area is 108 Å². The minimum atomic E-state index is -3.50. The number of hydrogen-bond donors (Lipinski definition) is 1. The maximum atomic E-state index is 11.8. The van der Waals surface area contributed by atoms with Crippen LogP contribution in [-0.2, 0) is 15.8 Å². The van der Waals surface area contributed by atoms with Gasteiger partial charge in [-0.1, -0.05) is 24.7 Å². The van der Waals surface area contributed by atoms with Gasteiger partial charge in [-0.25, -0.2) is 8.42 Å². The minimum Gasteiger partial charge on any atom is -0.544 e. The molecule has 98 valence electrons. The van der Waals surface area contributed by atoms with E-state index in [1.54, 1.807) is 24.3 Å². The molecule has 1 aromatic carbocycles. The zero-order valence-corrected chi connectivity index (χ0v) is 11.4. The highest BCUT2D eigenvalue weighted by Crippen LogP contribution is 2.14. The van der Waals surface area contributed by atoms with Gasteiger partial charge in [0.15, 0.2) is 0 Å². The number of likely N-dealkylation sites (N-methyl/N-ethyl adjacent to an activating group) is 1. The fourth-order valence-electron chi connectivity index (χ4n) is 1.41. The van der Waals surface area contributed by atoms with Crippen molar-refractivity contribution in [1.82, 2.24) is 0 Å². The van der Waals surface area contributed by atoms with Crippen molar-refractivity contribution in [3.8, 4) is 6.07 Å². The van der Waals surface area contributed by atoms with E-state index in [1.165, 1.54) is 0 Å². The third kappa shape index (κ3) is 4.84. The molecule has 0 saturated heterocycles. The Balaban J connectivity index is 2.68. The summed E-state index contributed by atoms with van der Waals surface area (Å²) in [6.45, 7) is 0.943. The maximum absolute atomic E-state index is 11.8. The van der Waals surface area contributed by atoms with Crippen LogP contribution in [-0.4, -0.2) is 35.6 Å². The second-order valence-electron chi connectivity index (χ2n) is 4.31. The number of sulfonamides is 1. The van der Waals surface area contributed by atoms with Crippen molar-refractivity contribution in [2.24, 2.45) is 0 Å². The van der Waals surface area contributed by atoms with Crippen molar-refractivity contribution >= 4 is 10.0 Å². The lowest BCUT2D eigenvalue weighted by Gasteiger charge is -2.20. The van der Waals surface area contributed by atoms with Crippen molar-refractivity contribution < 1.29 is 13.3 Å². The highest BCUT2D eigenvalue weighted by atomic mass is 32.2. The average Bonchev–Trinajstić information content (AvgIpc) is 2.28. The number of benzene rings is 1. The van der Waals surface area contributed by atoms with Gasteiger partial charge in [-0.15, -0.1) is 0 Å². The molecule has 0 radical (unpaired) electrons.